The second kappa shape index (κ2) is 8.76. The molecule has 33 heavy (non-hydrogen) atoms. The van der Waals surface area contributed by atoms with Crippen LogP contribution < -0.4 is 10.0 Å². The molecule has 2 aliphatic heterocycles. The summed E-state index contributed by atoms with van der Waals surface area (Å²) in [4.78, 5) is 43.0. The molecule has 3 amide bonds. The number of amides is 3. The molecule has 1 saturated heterocycles. The quantitative estimate of drug-likeness (QED) is 0.565. The number of hydrogen-bond donors (Lipinski definition) is 2. The number of hydrogen-bond acceptors (Lipinski definition) is 7. The number of para-hydroxylation sites is 1. The monoisotopic (exact) mass is 548 g/mol. The van der Waals surface area contributed by atoms with Gasteiger partial charge in [0.25, 0.3) is 21.8 Å². The van der Waals surface area contributed by atoms with Crippen LogP contribution in [0.3, 0.4) is 0 Å². The van der Waals surface area contributed by atoms with Crippen molar-refractivity contribution in [1.29, 1.82) is 0 Å². The Kier molecular flexibility index (Phi) is 6.16. The standard InChI is InChI=1S/C21H17BrN4O5S2/c1-3-26-20(29)18(16-14-5-4-6-15(22)17(14)24-19(16)28)32-21(26)23-12-7-9-13(10-8-12)33(30,31)25-11(2)27/h4-10H,3H2,1-2H3,(H,24,28)(H,25,27)/b18-16-,23-21-. The minimum Gasteiger partial charge on any atom is -0.320 e. The molecule has 170 valence electrons. The number of aliphatic imine (C=N–C) groups is 1. The zero-order valence-electron chi connectivity index (χ0n) is 17.4. The smallest absolute Gasteiger partial charge is 0.267 e. The molecule has 0 spiro atoms. The minimum absolute atomic E-state index is 0.0863. The van der Waals surface area contributed by atoms with Gasteiger partial charge < -0.3 is 5.32 Å². The molecule has 12 heteroatoms. The number of carbonyl (C=O) groups is 3. The fourth-order valence-corrected chi connectivity index (χ4v) is 5.98. The van der Waals surface area contributed by atoms with Gasteiger partial charge in [0.05, 0.1) is 26.7 Å². The Morgan fingerprint density at radius 3 is 2.52 bits per heavy atom. The molecule has 0 atom stereocenters. The maximum Gasteiger partial charge on any atom is 0.267 e. The van der Waals surface area contributed by atoms with Crippen molar-refractivity contribution in [2.24, 2.45) is 4.99 Å². The maximum atomic E-state index is 13.1. The topological polar surface area (TPSA) is 125 Å². The summed E-state index contributed by atoms with van der Waals surface area (Å²) in [6, 6.07) is 10.9. The number of carbonyl (C=O) groups excluding carboxylic acids is 3. The summed E-state index contributed by atoms with van der Waals surface area (Å²) in [5.74, 6) is -1.38. The van der Waals surface area contributed by atoms with Crippen LogP contribution in [0.15, 0.2) is 61.7 Å². The molecular weight excluding hydrogens is 532 g/mol. The van der Waals surface area contributed by atoms with E-state index in [1.165, 1.54) is 29.2 Å². The predicted molar refractivity (Wildman–Crippen MR) is 129 cm³/mol. The lowest BCUT2D eigenvalue weighted by Crippen LogP contribution is -2.29. The lowest BCUT2D eigenvalue weighted by molar-refractivity contribution is -0.122. The largest absolute Gasteiger partial charge is 0.320 e. The molecule has 2 heterocycles. The van der Waals surface area contributed by atoms with E-state index in [2.05, 4.69) is 26.2 Å². The lowest BCUT2D eigenvalue weighted by atomic mass is 10.1. The van der Waals surface area contributed by atoms with E-state index in [9.17, 15) is 22.8 Å². The highest BCUT2D eigenvalue weighted by Gasteiger charge is 2.39. The normalized spacial score (nSPS) is 19.1. The molecular formula is C21H17BrN4O5S2. The third kappa shape index (κ3) is 4.33. The van der Waals surface area contributed by atoms with E-state index >= 15 is 0 Å². The molecule has 2 aromatic rings. The van der Waals surface area contributed by atoms with Gasteiger partial charge in [-0.1, -0.05) is 12.1 Å². The number of fused-ring (bicyclic) bond motifs is 1. The van der Waals surface area contributed by atoms with Gasteiger partial charge in [-0.2, -0.15) is 0 Å². The average Bonchev–Trinajstić information content (AvgIpc) is 3.23. The van der Waals surface area contributed by atoms with Crippen LogP contribution in [0.1, 0.15) is 19.4 Å². The van der Waals surface area contributed by atoms with Crippen molar-refractivity contribution in [3.8, 4) is 0 Å². The van der Waals surface area contributed by atoms with E-state index in [1.807, 2.05) is 4.72 Å². The highest BCUT2D eigenvalue weighted by molar-refractivity contribution is 9.10. The molecule has 2 aromatic carbocycles. The minimum atomic E-state index is -3.96. The van der Waals surface area contributed by atoms with Gasteiger partial charge in [-0.05, 0) is 64.9 Å². The van der Waals surface area contributed by atoms with E-state index in [0.29, 0.717) is 34.2 Å². The molecule has 1 fully saturated rings. The number of sulfonamides is 1. The Morgan fingerprint density at radius 2 is 1.88 bits per heavy atom. The SMILES string of the molecule is CCN1C(=O)/C(=C2/C(=O)Nc3c(Br)cccc32)S/C1=N\c1ccc(S(=O)(=O)NC(C)=O)cc1. The van der Waals surface area contributed by atoms with E-state index in [1.54, 1.807) is 25.1 Å². The predicted octanol–water partition coefficient (Wildman–Crippen LogP) is 3.22. The van der Waals surface area contributed by atoms with Crippen LogP contribution in [0.5, 0.6) is 0 Å². The number of nitrogens with one attached hydrogen (secondary N) is 2. The van der Waals surface area contributed by atoms with Crippen LogP contribution in [0.25, 0.3) is 5.57 Å². The molecule has 0 radical (unpaired) electrons. The van der Waals surface area contributed by atoms with E-state index in [4.69, 9.17) is 0 Å². The highest BCUT2D eigenvalue weighted by Crippen LogP contribution is 2.44. The first-order valence-electron chi connectivity index (χ1n) is 9.68. The van der Waals surface area contributed by atoms with Crippen molar-refractivity contribution in [3.05, 3.63) is 57.4 Å². The van der Waals surface area contributed by atoms with Crippen molar-refractivity contribution in [2.75, 3.05) is 11.9 Å². The number of halogens is 1. The summed E-state index contributed by atoms with van der Waals surface area (Å²) < 4.78 is 26.8. The van der Waals surface area contributed by atoms with Crippen LogP contribution in [-0.4, -0.2) is 42.8 Å². The summed E-state index contributed by atoms with van der Waals surface area (Å²) in [5, 5.41) is 3.16. The summed E-state index contributed by atoms with van der Waals surface area (Å²) in [7, 11) is -3.96. The molecule has 0 aliphatic carbocycles. The van der Waals surface area contributed by atoms with Crippen molar-refractivity contribution in [3.63, 3.8) is 0 Å². The second-order valence-corrected chi connectivity index (χ2v) is 10.5. The number of amidine groups is 1. The lowest BCUT2D eigenvalue weighted by Gasteiger charge is -2.12. The van der Waals surface area contributed by atoms with Gasteiger partial charge in [-0.15, -0.1) is 0 Å². The summed E-state index contributed by atoms with van der Waals surface area (Å²) in [6.07, 6.45) is 0. The molecule has 2 N–H and O–H groups in total. The first-order valence-corrected chi connectivity index (χ1v) is 12.8. The Labute approximate surface area is 202 Å². The van der Waals surface area contributed by atoms with Crippen molar-refractivity contribution in [2.45, 2.75) is 18.7 Å². The van der Waals surface area contributed by atoms with Crippen LogP contribution in [-0.2, 0) is 24.4 Å². The fraction of sp³-hybridized carbons (Fsp3) is 0.143. The van der Waals surface area contributed by atoms with Crippen LogP contribution in [0.4, 0.5) is 11.4 Å². The zero-order valence-corrected chi connectivity index (χ0v) is 20.6. The first-order chi connectivity index (χ1) is 15.6. The van der Waals surface area contributed by atoms with Crippen molar-refractivity contribution >= 4 is 77.6 Å². The summed E-state index contributed by atoms with van der Waals surface area (Å²) in [6.45, 7) is 3.24. The number of thioether (sulfide) groups is 1. The maximum absolute atomic E-state index is 13.1. The number of rotatable bonds is 4. The van der Waals surface area contributed by atoms with E-state index in [-0.39, 0.29) is 21.6 Å². The van der Waals surface area contributed by atoms with Crippen LogP contribution in [0.2, 0.25) is 0 Å². The number of nitrogens with zero attached hydrogens (tertiary/aromatic N) is 2. The first kappa shape index (κ1) is 23.2. The molecule has 0 aromatic heterocycles. The number of anilines is 1. The molecule has 4 rings (SSSR count). The average molecular weight is 549 g/mol. The Morgan fingerprint density at radius 1 is 1.18 bits per heavy atom. The van der Waals surface area contributed by atoms with Gasteiger partial charge in [0, 0.05) is 23.5 Å². The van der Waals surface area contributed by atoms with Crippen LogP contribution in [0, 0.1) is 0 Å². The van der Waals surface area contributed by atoms with Gasteiger partial charge in [-0.25, -0.2) is 18.1 Å². The number of benzene rings is 2. The van der Waals surface area contributed by atoms with Gasteiger partial charge in [-0.3, -0.25) is 19.3 Å². The van der Waals surface area contributed by atoms with Gasteiger partial charge in [0.15, 0.2) is 5.17 Å². The third-order valence-electron chi connectivity index (χ3n) is 4.81. The molecule has 0 saturated carbocycles. The van der Waals surface area contributed by atoms with Crippen molar-refractivity contribution < 1.29 is 22.8 Å². The Balaban J connectivity index is 1.70. The highest BCUT2D eigenvalue weighted by atomic mass is 79.9. The number of likely N-dealkylation sites (N-methyl/N-ethyl adjacent to an activating group) is 1. The summed E-state index contributed by atoms with van der Waals surface area (Å²) >= 11 is 4.50. The second-order valence-electron chi connectivity index (χ2n) is 7.02. The van der Waals surface area contributed by atoms with E-state index < -0.39 is 15.9 Å². The third-order valence-corrected chi connectivity index (χ3v) is 7.99. The molecule has 2 aliphatic rings. The fourth-order valence-electron chi connectivity index (χ4n) is 3.36. The molecule has 9 nitrogen and oxygen atoms in total. The summed E-state index contributed by atoms with van der Waals surface area (Å²) in [5.41, 5.74) is 1.95. The van der Waals surface area contributed by atoms with Gasteiger partial charge in [0.1, 0.15) is 0 Å². The molecule has 0 bridgehead atoms. The zero-order chi connectivity index (χ0) is 23.9. The molecule has 0 unspecified atom stereocenters. The Hall–Kier alpha value is -2.96. The van der Waals surface area contributed by atoms with Gasteiger partial charge >= 0.3 is 0 Å². The van der Waals surface area contributed by atoms with Crippen molar-refractivity contribution in [1.82, 2.24) is 9.62 Å². The van der Waals surface area contributed by atoms with E-state index in [0.717, 1.165) is 23.2 Å². The van der Waals surface area contributed by atoms with Crippen LogP contribution >= 0.6 is 27.7 Å². The van der Waals surface area contributed by atoms with Gasteiger partial charge in [0.2, 0.25) is 5.91 Å². The Bertz CT molecular complexity index is 1370.